The molecular formula is C32H36FN3O3. The molecule has 2 amide bonds. The standard InChI is InChI=1S/C32H36FN3O3/c1-5-31(37)36-18-17-35(20-23(36)3)21-30(27-12-11-22(2)29(33)19-27)39-28-15-13-26(14-16-28)32(38)34-24(4)25-9-7-6-8-10-25/h5-16,19,23-24,30H,1,17-18,20-21H2,2-4H3,(H,34,38)/t23-,24?,30?/m1/s1. The molecule has 0 saturated carbocycles. The van der Waals surface area contributed by atoms with E-state index < -0.39 is 6.10 Å². The number of halogens is 1. The summed E-state index contributed by atoms with van der Waals surface area (Å²) in [7, 11) is 0. The molecule has 0 radical (unpaired) electrons. The predicted molar refractivity (Wildman–Crippen MR) is 151 cm³/mol. The molecule has 204 valence electrons. The minimum absolute atomic E-state index is 0.0238. The van der Waals surface area contributed by atoms with Gasteiger partial charge in [-0.3, -0.25) is 14.5 Å². The Hall–Kier alpha value is -3.97. The molecule has 4 rings (SSSR count). The molecular weight excluding hydrogens is 493 g/mol. The van der Waals surface area contributed by atoms with Crippen LogP contribution in [0.4, 0.5) is 4.39 Å². The van der Waals surface area contributed by atoms with E-state index in [1.165, 1.54) is 12.1 Å². The number of piperazine rings is 1. The Kier molecular flexibility index (Phi) is 9.15. The maximum atomic E-state index is 14.5. The zero-order valence-corrected chi connectivity index (χ0v) is 22.8. The molecule has 7 heteroatoms. The maximum Gasteiger partial charge on any atom is 0.251 e. The van der Waals surface area contributed by atoms with Crippen LogP contribution in [-0.2, 0) is 4.79 Å². The van der Waals surface area contributed by atoms with Crippen LogP contribution in [0, 0.1) is 12.7 Å². The summed E-state index contributed by atoms with van der Waals surface area (Å²) >= 11 is 0. The zero-order valence-electron chi connectivity index (χ0n) is 22.8. The van der Waals surface area contributed by atoms with Crippen LogP contribution in [0.2, 0.25) is 0 Å². The van der Waals surface area contributed by atoms with Gasteiger partial charge in [0.1, 0.15) is 17.7 Å². The van der Waals surface area contributed by atoms with Crippen molar-refractivity contribution in [2.24, 2.45) is 0 Å². The van der Waals surface area contributed by atoms with E-state index >= 15 is 0 Å². The van der Waals surface area contributed by atoms with Crippen LogP contribution in [0.5, 0.6) is 5.75 Å². The Balaban J connectivity index is 1.46. The van der Waals surface area contributed by atoms with Crippen LogP contribution in [0.25, 0.3) is 0 Å². The Morgan fingerprint density at radius 3 is 2.44 bits per heavy atom. The summed E-state index contributed by atoms with van der Waals surface area (Å²) in [5, 5.41) is 3.02. The van der Waals surface area contributed by atoms with Gasteiger partial charge in [0.15, 0.2) is 0 Å². The molecule has 3 aromatic carbocycles. The van der Waals surface area contributed by atoms with Gasteiger partial charge in [0.05, 0.1) is 6.04 Å². The molecule has 1 aliphatic rings. The molecule has 6 nitrogen and oxygen atoms in total. The van der Waals surface area contributed by atoms with Crippen LogP contribution in [0.1, 0.15) is 53.0 Å². The number of aryl methyl sites for hydroxylation is 1. The van der Waals surface area contributed by atoms with Gasteiger partial charge in [-0.25, -0.2) is 4.39 Å². The molecule has 0 aromatic heterocycles. The quantitative estimate of drug-likeness (QED) is 0.374. The Labute approximate surface area is 230 Å². The summed E-state index contributed by atoms with van der Waals surface area (Å²) in [6.07, 6.45) is 0.908. The van der Waals surface area contributed by atoms with Gasteiger partial charge < -0.3 is 15.0 Å². The lowest BCUT2D eigenvalue weighted by Crippen LogP contribution is -2.54. The summed E-state index contributed by atoms with van der Waals surface area (Å²) in [6.45, 7) is 11.8. The lowest BCUT2D eigenvalue weighted by molar-refractivity contribution is -0.130. The highest BCUT2D eigenvalue weighted by atomic mass is 19.1. The molecule has 1 heterocycles. The topological polar surface area (TPSA) is 61.9 Å². The van der Waals surface area contributed by atoms with Gasteiger partial charge in [0, 0.05) is 37.8 Å². The van der Waals surface area contributed by atoms with Crippen molar-refractivity contribution in [3.05, 3.63) is 114 Å². The van der Waals surface area contributed by atoms with Gasteiger partial charge >= 0.3 is 0 Å². The third-order valence-electron chi connectivity index (χ3n) is 7.20. The van der Waals surface area contributed by atoms with Crippen molar-refractivity contribution in [1.29, 1.82) is 0 Å². The summed E-state index contributed by atoms with van der Waals surface area (Å²) in [5.41, 5.74) is 2.86. The van der Waals surface area contributed by atoms with Crippen LogP contribution in [-0.4, -0.2) is 53.8 Å². The molecule has 0 bridgehead atoms. The van der Waals surface area contributed by atoms with Crippen molar-refractivity contribution < 1.29 is 18.7 Å². The van der Waals surface area contributed by atoms with E-state index in [-0.39, 0.29) is 29.7 Å². The Bertz CT molecular complexity index is 1300. The smallest absolute Gasteiger partial charge is 0.251 e. The molecule has 1 aliphatic heterocycles. The molecule has 1 fully saturated rings. The highest BCUT2D eigenvalue weighted by Gasteiger charge is 2.28. The summed E-state index contributed by atoms with van der Waals surface area (Å²) < 4.78 is 20.9. The van der Waals surface area contributed by atoms with Gasteiger partial charge in [-0.05, 0) is 73.9 Å². The van der Waals surface area contributed by atoms with E-state index in [4.69, 9.17) is 4.74 Å². The van der Waals surface area contributed by atoms with Crippen molar-refractivity contribution in [2.45, 2.75) is 39.0 Å². The van der Waals surface area contributed by atoms with E-state index in [1.54, 1.807) is 37.3 Å². The number of nitrogens with one attached hydrogen (secondary N) is 1. The number of benzene rings is 3. The van der Waals surface area contributed by atoms with Gasteiger partial charge in [-0.1, -0.05) is 49.0 Å². The number of hydrogen-bond acceptors (Lipinski definition) is 4. The number of carbonyl (C=O) groups is 2. The molecule has 0 aliphatic carbocycles. The number of hydrogen-bond donors (Lipinski definition) is 1. The molecule has 3 aromatic rings. The fourth-order valence-corrected chi connectivity index (χ4v) is 4.85. The number of ether oxygens (including phenoxy) is 1. The molecule has 0 spiro atoms. The monoisotopic (exact) mass is 529 g/mol. The van der Waals surface area contributed by atoms with Gasteiger partial charge in [0.25, 0.3) is 5.91 Å². The SMILES string of the molecule is C=CC(=O)N1CCN(CC(Oc2ccc(C(=O)NC(C)c3ccccc3)cc2)c2ccc(C)c(F)c2)C[C@H]1C. The molecule has 3 atom stereocenters. The summed E-state index contributed by atoms with van der Waals surface area (Å²) in [4.78, 5) is 29.0. The van der Waals surface area contributed by atoms with Crippen molar-refractivity contribution >= 4 is 11.8 Å². The number of carbonyl (C=O) groups excluding carboxylic acids is 2. The first-order chi connectivity index (χ1) is 18.7. The first kappa shape index (κ1) is 28.0. The van der Waals surface area contributed by atoms with Crippen molar-refractivity contribution in [3.8, 4) is 5.75 Å². The minimum Gasteiger partial charge on any atom is -0.484 e. The van der Waals surface area contributed by atoms with Crippen LogP contribution in [0.15, 0.2) is 85.5 Å². The largest absolute Gasteiger partial charge is 0.484 e. The number of rotatable bonds is 9. The summed E-state index contributed by atoms with van der Waals surface area (Å²) in [6, 6.07) is 21.9. The van der Waals surface area contributed by atoms with Crippen molar-refractivity contribution in [1.82, 2.24) is 15.1 Å². The normalized spacial score (nSPS) is 17.2. The fraction of sp³-hybridized carbons (Fsp3) is 0.312. The predicted octanol–water partition coefficient (Wildman–Crippen LogP) is 5.46. The third kappa shape index (κ3) is 7.12. The minimum atomic E-state index is -0.438. The third-order valence-corrected chi connectivity index (χ3v) is 7.20. The molecule has 2 unspecified atom stereocenters. The molecule has 1 saturated heterocycles. The lowest BCUT2D eigenvalue weighted by atomic mass is 10.0. The highest BCUT2D eigenvalue weighted by Crippen LogP contribution is 2.26. The van der Waals surface area contributed by atoms with Crippen LogP contribution in [0.3, 0.4) is 0 Å². The van der Waals surface area contributed by atoms with E-state index in [9.17, 15) is 14.0 Å². The molecule has 1 N–H and O–H groups in total. The first-order valence-corrected chi connectivity index (χ1v) is 13.3. The van der Waals surface area contributed by atoms with Crippen molar-refractivity contribution in [3.63, 3.8) is 0 Å². The first-order valence-electron chi connectivity index (χ1n) is 13.3. The second-order valence-corrected chi connectivity index (χ2v) is 10.1. The average molecular weight is 530 g/mol. The van der Waals surface area contributed by atoms with Gasteiger partial charge in [0.2, 0.25) is 5.91 Å². The number of amides is 2. The Morgan fingerprint density at radius 2 is 1.79 bits per heavy atom. The second-order valence-electron chi connectivity index (χ2n) is 10.1. The second kappa shape index (κ2) is 12.7. The fourth-order valence-electron chi connectivity index (χ4n) is 4.85. The average Bonchev–Trinajstić information content (AvgIpc) is 2.94. The molecule has 39 heavy (non-hydrogen) atoms. The Morgan fingerprint density at radius 1 is 1.08 bits per heavy atom. The van der Waals surface area contributed by atoms with Crippen molar-refractivity contribution in [2.75, 3.05) is 26.2 Å². The van der Waals surface area contributed by atoms with E-state index in [0.717, 1.165) is 11.1 Å². The zero-order chi connectivity index (χ0) is 27.9. The van der Waals surface area contributed by atoms with E-state index in [1.807, 2.05) is 55.1 Å². The lowest BCUT2D eigenvalue weighted by Gasteiger charge is -2.40. The van der Waals surface area contributed by atoms with Crippen LogP contribution < -0.4 is 10.1 Å². The maximum absolute atomic E-state index is 14.5. The summed E-state index contributed by atoms with van der Waals surface area (Å²) in [5.74, 6) is 0.0615. The van der Waals surface area contributed by atoms with E-state index in [2.05, 4.69) is 16.8 Å². The van der Waals surface area contributed by atoms with Gasteiger partial charge in [-0.15, -0.1) is 0 Å². The van der Waals surface area contributed by atoms with Crippen LogP contribution >= 0.6 is 0 Å². The number of nitrogens with zero attached hydrogens (tertiary/aromatic N) is 2. The van der Waals surface area contributed by atoms with Gasteiger partial charge in [-0.2, -0.15) is 0 Å². The highest BCUT2D eigenvalue weighted by molar-refractivity contribution is 5.94. The van der Waals surface area contributed by atoms with E-state index in [0.29, 0.717) is 43.1 Å².